The van der Waals surface area contributed by atoms with E-state index in [1.165, 1.54) is 6.20 Å². The first-order chi connectivity index (χ1) is 8.50. The van der Waals surface area contributed by atoms with E-state index in [-0.39, 0.29) is 22.5 Å². The molecular weight excluding hydrogens is 254 g/mol. The number of H-pyrrole nitrogens is 1. The molecule has 0 spiro atoms. The zero-order valence-electron chi connectivity index (χ0n) is 9.94. The summed E-state index contributed by atoms with van der Waals surface area (Å²) in [4.78, 5) is 0. The van der Waals surface area contributed by atoms with Crippen molar-refractivity contribution in [2.75, 3.05) is 4.72 Å². The van der Waals surface area contributed by atoms with Crippen molar-refractivity contribution < 1.29 is 8.42 Å². The van der Waals surface area contributed by atoms with Gasteiger partial charge in [-0.3, -0.25) is 15.2 Å². The number of sulfonamides is 1. The maximum atomic E-state index is 12.2. The molecule has 1 aromatic rings. The van der Waals surface area contributed by atoms with Gasteiger partial charge in [0.1, 0.15) is 11.7 Å². The Bertz CT molecular complexity index is 530. The molecule has 100 valence electrons. The number of aromatic amines is 1. The van der Waals surface area contributed by atoms with E-state index >= 15 is 0 Å². The third-order valence-corrected chi connectivity index (χ3v) is 5.00. The molecule has 1 aromatic heterocycles. The lowest BCUT2D eigenvalue weighted by Gasteiger charge is -2.22. The Morgan fingerprint density at radius 3 is 2.72 bits per heavy atom. The summed E-state index contributed by atoms with van der Waals surface area (Å²) in [6.45, 7) is 0. The maximum Gasteiger partial charge on any atom is 0.236 e. The molecule has 8 heteroatoms. The van der Waals surface area contributed by atoms with Gasteiger partial charge in [0, 0.05) is 0 Å². The molecule has 1 aliphatic rings. The van der Waals surface area contributed by atoms with E-state index in [0.717, 1.165) is 19.3 Å². The Hall–Kier alpha value is -1.57. The normalized spacial score (nSPS) is 17.6. The van der Waals surface area contributed by atoms with Crippen LogP contribution in [-0.4, -0.2) is 29.7 Å². The van der Waals surface area contributed by atoms with Gasteiger partial charge in [-0.1, -0.05) is 19.3 Å². The van der Waals surface area contributed by atoms with E-state index in [2.05, 4.69) is 14.9 Å². The summed E-state index contributed by atoms with van der Waals surface area (Å²) in [6.07, 6.45) is 5.66. The van der Waals surface area contributed by atoms with Gasteiger partial charge in [-0.25, -0.2) is 8.42 Å². The van der Waals surface area contributed by atoms with Crippen LogP contribution in [0.5, 0.6) is 0 Å². The molecule has 0 atom stereocenters. The number of nitrogens with one attached hydrogen (secondary N) is 3. The Labute approximate surface area is 106 Å². The van der Waals surface area contributed by atoms with Gasteiger partial charge in [0.05, 0.1) is 17.0 Å². The highest BCUT2D eigenvalue weighted by molar-refractivity contribution is 7.93. The monoisotopic (exact) mass is 271 g/mol. The molecular formula is C10H17N5O2S. The van der Waals surface area contributed by atoms with Crippen LogP contribution in [0.25, 0.3) is 0 Å². The molecule has 0 radical (unpaired) electrons. The zero-order valence-corrected chi connectivity index (χ0v) is 10.8. The molecule has 0 saturated heterocycles. The van der Waals surface area contributed by atoms with Gasteiger partial charge in [-0.15, -0.1) is 0 Å². The number of nitrogen functional groups attached to an aromatic ring is 1. The first kappa shape index (κ1) is 12.9. The van der Waals surface area contributed by atoms with Gasteiger partial charge < -0.3 is 5.73 Å². The molecule has 1 saturated carbocycles. The van der Waals surface area contributed by atoms with Crippen LogP contribution < -0.4 is 10.5 Å². The summed E-state index contributed by atoms with van der Waals surface area (Å²) in [7, 11) is -3.44. The lowest BCUT2D eigenvalue weighted by molar-refractivity contribution is 0.486. The predicted molar refractivity (Wildman–Crippen MR) is 69.0 cm³/mol. The van der Waals surface area contributed by atoms with Crippen LogP contribution in [0.4, 0.5) is 5.82 Å². The van der Waals surface area contributed by atoms with Crippen LogP contribution in [0, 0.1) is 5.41 Å². The SMILES string of the molecule is N=C(N)c1cn[nH]c1NS(=O)(=O)C1CCCCC1. The number of amidine groups is 1. The number of rotatable bonds is 4. The summed E-state index contributed by atoms with van der Waals surface area (Å²) < 4.78 is 26.8. The Kier molecular flexibility index (Phi) is 3.55. The van der Waals surface area contributed by atoms with E-state index in [1.54, 1.807) is 0 Å². The highest BCUT2D eigenvalue weighted by Gasteiger charge is 2.28. The number of hydrogen-bond donors (Lipinski definition) is 4. The first-order valence-corrected chi connectivity index (χ1v) is 7.45. The van der Waals surface area contributed by atoms with Crippen molar-refractivity contribution in [2.24, 2.45) is 5.73 Å². The molecule has 2 rings (SSSR count). The predicted octanol–water partition coefficient (Wildman–Crippen LogP) is 0.768. The standard InChI is InChI=1S/C10H17N5O2S/c11-9(12)8-6-13-14-10(8)15-18(16,17)7-4-2-1-3-5-7/h6-7H,1-5H2,(H3,11,12)(H2,13,14,15). The lowest BCUT2D eigenvalue weighted by atomic mass is 10.0. The number of aromatic nitrogens is 2. The topological polar surface area (TPSA) is 125 Å². The molecule has 0 aromatic carbocycles. The van der Waals surface area contributed by atoms with Gasteiger partial charge in [-0.05, 0) is 12.8 Å². The van der Waals surface area contributed by atoms with Crippen molar-refractivity contribution in [1.29, 1.82) is 5.41 Å². The number of anilines is 1. The quantitative estimate of drug-likeness (QED) is 0.476. The smallest absolute Gasteiger partial charge is 0.236 e. The van der Waals surface area contributed by atoms with Gasteiger partial charge >= 0.3 is 0 Å². The summed E-state index contributed by atoms with van der Waals surface area (Å²) in [5, 5.41) is 13.2. The minimum atomic E-state index is -3.44. The third-order valence-electron chi connectivity index (χ3n) is 3.16. The second kappa shape index (κ2) is 4.97. The van der Waals surface area contributed by atoms with Crippen molar-refractivity contribution in [3.63, 3.8) is 0 Å². The van der Waals surface area contributed by atoms with Crippen LogP contribution in [0.15, 0.2) is 6.20 Å². The van der Waals surface area contributed by atoms with Gasteiger partial charge in [0.15, 0.2) is 0 Å². The van der Waals surface area contributed by atoms with Crippen LogP contribution in [0.3, 0.4) is 0 Å². The highest BCUT2D eigenvalue weighted by atomic mass is 32.2. The average Bonchev–Trinajstić information content (AvgIpc) is 2.78. The van der Waals surface area contributed by atoms with E-state index < -0.39 is 10.0 Å². The van der Waals surface area contributed by atoms with Crippen molar-refractivity contribution >= 4 is 21.7 Å². The molecule has 1 fully saturated rings. The fourth-order valence-electron chi connectivity index (χ4n) is 2.17. The second-order valence-electron chi connectivity index (χ2n) is 4.48. The third kappa shape index (κ3) is 2.63. The lowest BCUT2D eigenvalue weighted by Crippen LogP contribution is -2.30. The largest absolute Gasteiger partial charge is 0.384 e. The number of hydrogen-bond acceptors (Lipinski definition) is 4. The molecule has 7 nitrogen and oxygen atoms in total. The van der Waals surface area contributed by atoms with E-state index in [4.69, 9.17) is 11.1 Å². The van der Waals surface area contributed by atoms with Crippen LogP contribution >= 0.6 is 0 Å². The molecule has 0 aliphatic heterocycles. The molecule has 1 aliphatic carbocycles. The maximum absolute atomic E-state index is 12.2. The second-order valence-corrected chi connectivity index (χ2v) is 6.44. The van der Waals surface area contributed by atoms with Crippen molar-refractivity contribution in [3.05, 3.63) is 11.8 Å². The van der Waals surface area contributed by atoms with Crippen LogP contribution in [-0.2, 0) is 10.0 Å². The van der Waals surface area contributed by atoms with Gasteiger partial charge in [-0.2, -0.15) is 5.10 Å². The van der Waals surface area contributed by atoms with Gasteiger partial charge in [0.2, 0.25) is 10.0 Å². The van der Waals surface area contributed by atoms with Crippen molar-refractivity contribution in [3.8, 4) is 0 Å². The van der Waals surface area contributed by atoms with Crippen molar-refractivity contribution in [2.45, 2.75) is 37.4 Å². The Morgan fingerprint density at radius 1 is 1.44 bits per heavy atom. The van der Waals surface area contributed by atoms with Crippen molar-refractivity contribution in [1.82, 2.24) is 10.2 Å². The molecule has 1 heterocycles. The van der Waals surface area contributed by atoms with Crippen LogP contribution in [0.2, 0.25) is 0 Å². The summed E-state index contributed by atoms with van der Waals surface area (Å²) in [5.41, 5.74) is 5.62. The Balaban J connectivity index is 2.16. The minimum absolute atomic E-state index is 0.174. The Morgan fingerprint density at radius 2 is 2.11 bits per heavy atom. The first-order valence-electron chi connectivity index (χ1n) is 5.90. The number of nitrogens with two attached hydrogens (primary N) is 1. The minimum Gasteiger partial charge on any atom is -0.384 e. The molecule has 0 unspecified atom stereocenters. The molecule has 5 N–H and O–H groups in total. The van der Waals surface area contributed by atoms with E-state index in [9.17, 15) is 8.42 Å². The number of nitrogens with zero attached hydrogens (tertiary/aromatic N) is 1. The fourth-order valence-corrected chi connectivity index (χ4v) is 3.73. The summed E-state index contributed by atoms with van der Waals surface area (Å²) >= 11 is 0. The van der Waals surface area contributed by atoms with E-state index in [1.807, 2.05) is 0 Å². The molecule has 0 amide bonds. The zero-order chi connectivity index (χ0) is 13.2. The highest BCUT2D eigenvalue weighted by Crippen LogP contribution is 2.25. The van der Waals surface area contributed by atoms with Gasteiger partial charge in [0.25, 0.3) is 0 Å². The van der Waals surface area contributed by atoms with Crippen LogP contribution in [0.1, 0.15) is 37.7 Å². The summed E-state index contributed by atoms with van der Waals surface area (Å²) in [5.74, 6) is -0.0434. The average molecular weight is 271 g/mol. The molecule has 0 bridgehead atoms. The van der Waals surface area contributed by atoms with E-state index in [0.29, 0.717) is 12.8 Å². The summed E-state index contributed by atoms with van der Waals surface area (Å²) in [6, 6.07) is 0. The molecule has 18 heavy (non-hydrogen) atoms. The fraction of sp³-hybridized carbons (Fsp3) is 0.600.